The first kappa shape index (κ1) is 13.4. The molecule has 0 unspecified atom stereocenters. The van der Waals surface area contributed by atoms with Gasteiger partial charge >= 0.3 is 0 Å². The van der Waals surface area contributed by atoms with Crippen molar-refractivity contribution in [3.8, 4) is 5.75 Å². The Morgan fingerprint density at radius 2 is 2.33 bits per heavy atom. The maximum absolute atomic E-state index is 12.4. The molecule has 0 aliphatic carbocycles. The van der Waals surface area contributed by atoms with Crippen LogP contribution < -0.4 is 4.74 Å². The molecular weight excluding hydrogens is 298 g/mol. The topological polar surface area (TPSA) is 38.8 Å². The fourth-order valence-electron chi connectivity index (χ4n) is 1.99. The van der Waals surface area contributed by atoms with Crippen molar-refractivity contribution in [1.82, 2.24) is 4.90 Å². The van der Waals surface area contributed by atoms with Gasteiger partial charge in [0.05, 0.1) is 30.8 Å². The summed E-state index contributed by atoms with van der Waals surface area (Å²) in [5.41, 5.74) is 0.663. The molecule has 4 nitrogen and oxygen atoms in total. The fourth-order valence-corrected chi connectivity index (χ4v) is 2.53. The molecule has 1 aromatic rings. The van der Waals surface area contributed by atoms with Crippen LogP contribution >= 0.6 is 15.9 Å². The lowest BCUT2D eigenvalue weighted by molar-refractivity contribution is 0.00359. The third-order valence-electron chi connectivity index (χ3n) is 3.03. The molecule has 1 atom stereocenters. The van der Waals surface area contributed by atoms with Crippen LogP contribution in [0.25, 0.3) is 0 Å². The van der Waals surface area contributed by atoms with Crippen molar-refractivity contribution in [1.29, 1.82) is 0 Å². The van der Waals surface area contributed by atoms with Gasteiger partial charge in [-0.25, -0.2) is 0 Å². The van der Waals surface area contributed by atoms with Crippen molar-refractivity contribution in [2.75, 3.05) is 26.9 Å². The van der Waals surface area contributed by atoms with E-state index in [1.165, 1.54) is 0 Å². The van der Waals surface area contributed by atoms with E-state index in [1.807, 2.05) is 11.8 Å². The smallest absolute Gasteiger partial charge is 0.254 e. The number of halogens is 1. The molecule has 0 aromatic heterocycles. The summed E-state index contributed by atoms with van der Waals surface area (Å²) < 4.78 is 11.3. The van der Waals surface area contributed by atoms with Gasteiger partial charge in [-0.15, -0.1) is 0 Å². The molecule has 1 amide bonds. The Labute approximate surface area is 115 Å². The van der Waals surface area contributed by atoms with Gasteiger partial charge in [-0.2, -0.15) is 0 Å². The number of nitrogens with zero attached hydrogens (tertiary/aromatic N) is 1. The molecule has 1 saturated heterocycles. The number of amides is 1. The highest BCUT2D eigenvalue weighted by Crippen LogP contribution is 2.26. The van der Waals surface area contributed by atoms with Gasteiger partial charge in [0, 0.05) is 12.1 Å². The molecule has 0 spiro atoms. The highest BCUT2D eigenvalue weighted by Gasteiger charge is 2.25. The van der Waals surface area contributed by atoms with Crippen LogP contribution in [-0.2, 0) is 4.74 Å². The third kappa shape index (κ3) is 2.67. The zero-order chi connectivity index (χ0) is 13.1. The fraction of sp³-hybridized carbons (Fsp3) is 0.462. The zero-order valence-corrected chi connectivity index (χ0v) is 12.1. The van der Waals surface area contributed by atoms with Crippen LogP contribution in [0, 0.1) is 0 Å². The maximum Gasteiger partial charge on any atom is 0.254 e. The van der Waals surface area contributed by atoms with Crippen LogP contribution in [0.2, 0.25) is 0 Å². The molecule has 0 N–H and O–H groups in total. The molecule has 0 radical (unpaired) electrons. The first-order valence-corrected chi connectivity index (χ1v) is 6.65. The number of carbonyl (C=O) groups is 1. The molecule has 5 heteroatoms. The van der Waals surface area contributed by atoms with Gasteiger partial charge in [0.15, 0.2) is 0 Å². The predicted molar refractivity (Wildman–Crippen MR) is 72.0 cm³/mol. The Bertz CT molecular complexity index is 450. The molecular formula is C13H16BrNO3. The van der Waals surface area contributed by atoms with E-state index in [1.54, 1.807) is 25.3 Å². The van der Waals surface area contributed by atoms with E-state index in [9.17, 15) is 4.79 Å². The zero-order valence-electron chi connectivity index (χ0n) is 10.5. The molecule has 1 aliphatic heterocycles. The van der Waals surface area contributed by atoms with E-state index in [-0.39, 0.29) is 11.9 Å². The largest absolute Gasteiger partial charge is 0.496 e. The third-order valence-corrected chi connectivity index (χ3v) is 3.65. The van der Waals surface area contributed by atoms with Gasteiger partial charge in [-0.05, 0) is 41.1 Å². The minimum atomic E-state index is 0.0363. The highest BCUT2D eigenvalue weighted by molar-refractivity contribution is 9.10. The number of methoxy groups -OCH3 is 1. The van der Waals surface area contributed by atoms with Gasteiger partial charge in [0.1, 0.15) is 5.75 Å². The average molecular weight is 314 g/mol. The Morgan fingerprint density at radius 3 is 2.94 bits per heavy atom. The number of carbonyl (C=O) groups excluding carboxylic acids is 1. The molecule has 98 valence electrons. The standard InChI is InChI=1S/C13H16BrNO3/c1-9-8-18-6-5-15(9)13(16)10-3-4-12(17-2)11(14)7-10/h3-4,7,9H,5-6,8H2,1-2H3/t9-/m1/s1. The Hall–Kier alpha value is -1.07. The van der Waals surface area contributed by atoms with E-state index in [0.29, 0.717) is 25.3 Å². The lowest BCUT2D eigenvalue weighted by Gasteiger charge is -2.33. The van der Waals surface area contributed by atoms with Crippen LogP contribution in [0.3, 0.4) is 0 Å². The lowest BCUT2D eigenvalue weighted by atomic mass is 10.1. The molecule has 0 bridgehead atoms. The first-order chi connectivity index (χ1) is 8.63. The van der Waals surface area contributed by atoms with Crippen molar-refractivity contribution in [3.05, 3.63) is 28.2 Å². The normalized spacial score (nSPS) is 19.7. The number of morpholine rings is 1. The summed E-state index contributed by atoms with van der Waals surface area (Å²) in [6.07, 6.45) is 0. The Balaban J connectivity index is 2.20. The van der Waals surface area contributed by atoms with Crippen molar-refractivity contribution >= 4 is 21.8 Å². The van der Waals surface area contributed by atoms with Gasteiger partial charge in [0.2, 0.25) is 0 Å². The van der Waals surface area contributed by atoms with E-state index in [2.05, 4.69) is 15.9 Å². The van der Waals surface area contributed by atoms with Crippen LogP contribution in [0.5, 0.6) is 5.75 Å². The summed E-state index contributed by atoms with van der Waals surface area (Å²) in [6, 6.07) is 5.49. The number of benzene rings is 1. The molecule has 0 saturated carbocycles. The van der Waals surface area contributed by atoms with Crippen LogP contribution in [0.1, 0.15) is 17.3 Å². The molecule has 18 heavy (non-hydrogen) atoms. The number of rotatable bonds is 2. The maximum atomic E-state index is 12.4. The monoisotopic (exact) mass is 313 g/mol. The van der Waals surface area contributed by atoms with E-state index >= 15 is 0 Å². The highest BCUT2D eigenvalue weighted by atomic mass is 79.9. The van der Waals surface area contributed by atoms with Gasteiger partial charge < -0.3 is 14.4 Å². The summed E-state index contributed by atoms with van der Waals surface area (Å²) in [5, 5.41) is 0. The second-order valence-electron chi connectivity index (χ2n) is 4.27. The number of hydrogen-bond donors (Lipinski definition) is 0. The quantitative estimate of drug-likeness (QED) is 0.841. The van der Waals surface area contributed by atoms with Crippen molar-refractivity contribution < 1.29 is 14.3 Å². The summed E-state index contributed by atoms with van der Waals surface area (Å²) in [4.78, 5) is 14.2. The lowest BCUT2D eigenvalue weighted by Crippen LogP contribution is -2.47. The summed E-state index contributed by atoms with van der Waals surface area (Å²) in [7, 11) is 1.60. The van der Waals surface area contributed by atoms with Gasteiger partial charge in [-0.3, -0.25) is 4.79 Å². The van der Waals surface area contributed by atoms with E-state index in [0.717, 1.165) is 10.2 Å². The minimum Gasteiger partial charge on any atom is -0.496 e. The predicted octanol–water partition coefficient (Wildman–Crippen LogP) is 2.32. The summed E-state index contributed by atoms with van der Waals surface area (Å²) >= 11 is 3.39. The number of hydrogen-bond acceptors (Lipinski definition) is 3. The van der Waals surface area contributed by atoms with E-state index in [4.69, 9.17) is 9.47 Å². The molecule has 1 heterocycles. The number of ether oxygens (including phenoxy) is 2. The van der Waals surface area contributed by atoms with Crippen molar-refractivity contribution in [2.45, 2.75) is 13.0 Å². The van der Waals surface area contributed by atoms with Crippen LogP contribution in [-0.4, -0.2) is 43.7 Å². The Morgan fingerprint density at radius 1 is 1.56 bits per heavy atom. The molecule has 2 rings (SSSR count). The second-order valence-corrected chi connectivity index (χ2v) is 5.13. The van der Waals surface area contributed by atoms with E-state index < -0.39 is 0 Å². The van der Waals surface area contributed by atoms with Gasteiger partial charge in [-0.1, -0.05) is 0 Å². The first-order valence-electron chi connectivity index (χ1n) is 5.85. The SMILES string of the molecule is COc1ccc(C(=O)N2CCOC[C@H]2C)cc1Br. The van der Waals surface area contributed by atoms with Gasteiger partial charge in [0.25, 0.3) is 5.91 Å². The summed E-state index contributed by atoms with van der Waals surface area (Å²) in [6.45, 7) is 3.84. The second kappa shape index (κ2) is 5.71. The molecule has 1 aliphatic rings. The Kier molecular flexibility index (Phi) is 4.24. The van der Waals surface area contributed by atoms with Crippen molar-refractivity contribution in [3.63, 3.8) is 0 Å². The minimum absolute atomic E-state index is 0.0363. The van der Waals surface area contributed by atoms with Crippen LogP contribution in [0.15, 0.2) is 22.7 Å². The summed E-state index contributed by atoms with van der Waals surface area (Å²) in [5.74, 6) is 0.760. The molecule has 1 fully saturated rings. The molecule has 1 aromatic carbocycles. The van der Waals surface area contributed by atoms with Crippen LogP contribution in [0.4, 0.5) is 0 Å². The average Bonchev–Trinajstić information content (AvgIpc) is 2.38. The van der Waals surface area contributed by atoms with Crippen molar-refractivity contribution in [2.24, 2.45) is 0 Å².